The van der Waals surface area contributed by atoms with E-state index in [1.807, 2.05) is 0 Å². The van der Waals surface area contributed by atoms with Crippen LogP contribution in [0.4, 0.5) is 0 Å². The highest BCUT2D eigenvalue weighted by Crippen LogP contribution is 2.32. The highest BCUT2D eigenvalue weighted by molar-refractivity contribution is 6.26. The maximum Gasteiger partial charge on any atom is 0.338 e. The Morgan fingerprint density at radius 3 is 1.33 bits per heavy atom. The summed E-state index contributed by atoms with van der Waals surface area (Å²) in [6, 6.07) is 32.1. The lowest BCUT2D eigenvalue weighted by Crippen LogP contribution is -2.63. The van der Waals surface area contributed by atoms with Crippen molar-refractivity contribution in [2.45, 2.75) is 30.7 Å². The molecule has 1 aliphatic heterocycles. The molecule has 11 nitrogen and oxygen atoms in total. The molecule has 48 heavy (non-hydrogen) atoms. The molecule has 5 unspecified atom stereocenters. The van der Waals surface area contributed by atoms with E-state index in [2.05, 4.69) is 0 Å². The van der Waals surface area contributed by atoms with Crippen molar-refractivity contribution in [1.29, 1.82) is 5.41 Å². The van der Waals surface area contributed by atoms with E-state index in [0.29, 0.717) is 0 Å². The number of carbonyl (C=O) groups is 4. The van der Waals surface area contributed by atoms with Gasteiger partial charge in [0.15, 0.2) is 18.1 Å². The van der Waals surface area contributed by atoms with Crippen LogP contribution in [0.3, 0.4) is 0 Å². The predicted octanol–water partition coefficient (Wildman–Crippen LogP) is 5.48. The molecule has 0 amide bonds. The van der Waals surface area contributed by atoms with Gasteiger partial charge in [-0.3, -0.25) is 5.41 Å². The minimum atomic E-state index is -1.62. The van der Waals surface area contributed by atoms with Crippen molar-refractivity contribution >= 4 is 41.4 Å². The van der Waals surface area contributed by atoms with Gasteiger partial charge in [-0.05, 0) is 48.5 Å². The first-order valence-corrected chi connectivity index (χ1v) is 15.3. The van der Waals surface area contributed by atoms with Crippen LogP contribution in [0.15, 0.2) is 121 Å². The normalized spacial score (nSPS) is 20.1. The van der Waals surface area contributed by atoms with Gasteiger partial charge < -0.3 is 28.4 Å². The molecule has 0 aliphatic carbocycles. The van der Waals surface area contributed by atoms with Crippen LogP contribution >= 0.6 is 11.6 Å². The first-order valence-electron chi connectivity index (χ1n) is 14.8. The van der Waals surface area contributed by atoms with Crippen molar-refractivity contribution in [3.8, 4) is 0 Å². The fraction of sp³-hybridized carbons (Fsp3) is 0.194. The molecule has 1 heterocycles. The fourth-order valence-corrected chi connectivity index (χ4v) is 4.86. The van der Waals surface area contributed by atoms with Gasteiger partial charge >= 0.3 is 23.9 Å². The van der Waals surface area contributed by atoms with E-state index in [9.17, 15) is 19.2 Å². The van der Waals surface area contributed by atoms with Crippen LogP contribution in [0, 0.1) is 5.41 Å². The summed E-state index contributed by atoms with van der Waals surface area (Å²) < 4.78 is 35.0. The average Bonchev–Trinajstić information content (AvgIpc) is 3.14. The minimum absolute atomic E-state index is 0.142. The fourth-order valence-electron chi connectivity index (χ4n) is 4.79. The first kappa shape index (κ1) is 33.8. The van der Waals surface area contributed by atoms with E-state index in [0.717, 1.165) is 0 Å². The van der Waals surface area contributed by atoms with Gasteiger partial charge in [0.2, 0.25) is 12.4 Å². The summed E-state index contributed by atoms with van der Waals surface area (Å²) in [7, 11) is 0. The maximum atomic E-state index is 13.5. The molecule has 0 bridgehead atoms. The number of halogens is 1. The third-order valence-corrected chi connectivity index (χ3v) is 7.36. The zero-order chi connectivity index (χ0) is 33.9. The van der Waals surface area contributed by atoms with E-state index in [1.54, 1.807) is 84.9 Å². The Hall–Kier alpha value is -5.52. The molecule has 0 saturated carbocycles. The second-order valence-electron chi connectivity index (χ2n) is 10.4. The Balaban J connectivity index is 1.55. The van der Waals surface area contributed by atoms with E-state index in [1.165, 1.54) is 36.4 Å². The molecule has 5 atom stereocenters. The Bertz CT molecular complexity index is 1710. The number of hydrogen-bond acceptors (Lipinski definition) is 11. The van der Waals surface area contributed by atoms with E-state index >= 15 is 0 Å². The van der Waals surface area contributed by atoms with Gasteiger partial charge in [-0.25, -0.2) is 19.2 Å². The summed E-state index contributed by atoms with van der Waals surface area (Å²) in [5.41, 5.74) is 0.687. The van der Waals surface area contributed by atoms with Crippen LogP contribution in [-0.4, -0.2) is 73.0 Å². The van der Waals surface area contributed by atoms with Gasteiger partial charge in [-0.1, -0.05) is 72.8 Å². The van der Waals surface area contributed by atoms with Crippen molar-refractivity contribution in [3.63, 3.8) is 0 Å². The van der Waals surface area contributed by atoms with Crippen LogP contribution in [0.5, 0.6) is 0 Å². The van der Waals surface area contributed by atoms with Gasteiger partial charge in [0.1, 0.15) is 12.7 Å². The highest BCUT2D eigenvalue weighted by Gasteiger charge is 2.54. The van der Waals surface area contributed by atoms with Gasteiger partial charge in [-0.2, -0.15) is 0 Å². The van der Waals surface area contributed by atoms with Crippen molar-refractivity contribution in [2.24, 2.45) is 0 Å². The summed E-state index contributed by atoms with van der Waals surface area (Å²) in [6.07, 6.45) is -7.69. The van der Waals surface area contributed by atoms with Crippen LogP contribution in [-0.2, 0) is 28.4 Å². The molecule has 4 aromatic rings. The largest absolute Gasteiger partial charge is 0.459 e. The number of ether oxygens (including phenoxy) is 6. The quantitative estimate of drug-likeness (QED) is 0.0715. The number of nitrogens with one attached hydrogen (secondary N) is 1. The lowest BCUT2D eigenvalue weighted by atomic mass is 9.97. The molecule has 4 aromatic carbocycles. The molecule has 1 fully saturated rings. The monoisotopic (exact) mass is 671 g/mol. The topological polar surface area (TPSA) is 148 Å². The number of alkyl halides is 1. The molecular formula is C36H30ClNO10. The summed E-state index contributed by atoms with van der Waals surface area (Å²) in [5.74, 6) is -4.09. The number of hydrogen-bond donors (Lipinski definition) is 1. The third kappa shape index (κ3) is 8.64. The summed E-state index contributed by atoms with van der Waals surface area (Å²) in [6.45, 7) is -0.521. The molecule has 246 valence electrons. The summed E-state index contributed by atoms with van der Waals surface area (Å²) in [5, 5.41) is 8.12. The zero-order valence-electron chi connectivity index (χ0n) is 25.3. The predicted molar refractivity (Wildman–Crippen MR) is 172 cm³/mol. The van der Waals surface area contributed by atoms with Gasteiger partial charge in [0.05, 0.1) is 28.1 Å². The first-order chi connectivity index (χ1) is 23.3. The van der Waals surface area contributed by atoms with Crippen molar-refractivity contribution in [3.05, 3.63) is 144 Å². The van der Waals surface area contributed by atoms with E-state index in [4.69, 9.17) is 45.4 Å². The molecule has 5 rings (SSSR count). The number of esters is 4. The maximum absolute atomic E-state index is 13.5. The Labute approximate surface area is 280 Å². The second kappa shape index (κ2) is 16.3. The van der Waals surface area contributed by atoms with Gasteiger partial charge in [-0.15, -0.1) is 11.6 Å². The molecule has 0 radical (unpaired) electrons. The molecule has 1 saturated heterocycles. The van der Waals surface area contributed by atoms with Crippen LogP contribution in [0.25, 0.3) is 0 Å². The van der Waals surface area contributed by atoms with E-state index < -0.39 is 67.1 Å². The van der Waals surface area contributed by atoms with E-state index in [-0.39, 0.29) is 28.1 Å². The highest BCUT2D eigenvalue weighted by atomic mass is 35.5. The third-order valence-electron chi connectivity index (χ3n) is 7.12. The second-order valence-corrected chi connectivity index (χ2v) is 10.7. The number of rotatable bonds is 11. The molecule has 1 aliphatic rings. The average molecular weight is 672 g/mol. The van der Waals surface area contributed by atoms with Crippen LogP contribution in [0.1, 0.15) is 41.4 Å². The summed E-state index contributed by atoms with van der Waals surface area (Å²) >= 11 is 5.86. The van der Waals surface area contributed by atoms with Crippen molar-refractivity contribution in [1.82, 2.24) is 0 Å². The van der Waals surface area contributed by atoms with Gasteiger partial charge in [0, 0.05) is 0 Å². The summed E-state index contributed by atoms with van der Waals surface area (Å²) in [4.78, 5) is 53.3. The molecule has 0 aromatic heterocycles. The number of carbonyl (C=O) groups excluding carboxylic acids is 4. The molecule has 0 spiro atoms. The zero-order valence-corrected chi connectivity index (χ0v) is 26.1. The molecule has 12 heteroatoms. The lowest BCUT2D eigenvalue weighted by molar-refractivity contribution is -0.279. The Morgan fingerprint density at radius 1 is 0.542 bits per heavy atom. The number of benzene rings is 4. The standard InChI is InChI=1S/C36H30ClNO10/c37-21-28(38)45-36-31(48-35(42)26-19-11-4-12-20-26)30(47-34(41)25-17-9-3-10-18-25)29(46-33(40)24-15-7-2-8-16-24)27(44-36)22-43-32(39)23-13-5-1-6-14-23/h1-20,27,29-31,36,38H,21-22H2. The molecule has 1 N–H and O–H groups in total. The smallest absolute Gasteiger partial charge is 0.338 e. The minimum Gasteiger partial charge on any atom is -0.459 e. The Kier molecular flexibility index (Phi) is 11.5. The Morgan fingerprint density at radius 2 is 0.917 bits per heavy atom. The van der Waals surface area contributed by atoms with Gasteiger partial charge in [0.25, 0.3) is 0 Å². The lowest BCUT2D eigenvalue weighted by Gasteiger charge is -2.44. The van der Waals surface area contributed by atoms with Crippen molar-refractivity contribution < 1.29 is 47.6 Å². The molecular weight excluding hydrogens is 642 g/mol. The van der Waals surface area contributed by atoms with Crippen LogP contribution < -0.4 is 0 Å². The SMILES string of the molecule is N=C(CCl)OC1OC(COC(=O)c2ccccc2)C(OC(=O)c2ccccc2)C(OC(=O)c2ccccc2)C1OC(=O)c1ccccc1. The van der Waals surface area contributed by atoms with Crippen molar-refractivity contribution in [2.75, 3.05) is 12.5 Å². The van der Waals surface area contributed by atoms with Crippen LogP contribution in [0.2, 0.25) is 0 Å².